The smallest absolute Gasteiger partial charge is 0.328 e. The molecule has 0 saturated heterocycles. The minimum atomic E-state index is -0.905. The van der Waals surface area contributed by atoms with Crippen LogP contribution in [0.25, 0.3) is 0 Å². The highest BCUT2D eigenvalue weighted by Crippen LogP contribution is 2.48. The molecule has 23 heavy (non-hydrogen) atoms. The molecule has 2 aromatic rings. The number of benzene rings is 2. The highest BCUT2D eigenvalue weighted by Gasteiger charge is 2.25. The molecule has 0 spiro atoms. The summed E-state index contributed by atoms with van der Waals surface area (Å²) in [7, 11) is 0. The molecule has 0 fully saturated rings. The summed E-state index contributed by atoms with van der Waals surface area (Å²) in [6, 6.07) is 8.36. The van der Waals surface area contributed by atoms with Crippen molar-refractivity contribution in [1.82, 2.24) is 0 Å². The van der Waals surface area contributed by atoms with Crippen molar-refractivity contribution in [3.8, 4) is 5.75 Å². The first kappa shape index (κ1) is 18.7. The van der Waals surface area contributed by atoms with Gasteiger partial charge in [0.25, 0.3) is 0 Å². The molecule has 2 N–H and O–H groups in total. The minimum Gasteiger partial charge on any atom is -0.422 e. The van der Waals surface area contributed by atoms with Gasteiger partial charge < -0.3 is 10.5 Å². The van der Waals surface area contributed by atoms with Gasteiger partial charge in [0.05, 0.1) is 15.1 Å². The lowest BCUT2D eigenvalue weighted by atomic mass is 10.1. The van der Waals surface area contributed by atoms with Crippen molar-refractivity contribution in [3.05, 3.63) is 61.0 Å². The van der Waals surface area contributed by atoms with Crippen molar-refractivity contribution in [2.75, 3.05) is 0 Å². The summed E-state index contributed by atoms with van der Waals surface area (Å²) >= 11 is 29.7. The van der Waals surface area contributed by atoms with Gasteiger partial charge in [-0.15, -0.1) is 0 Å². The molecule has 1 atom stereocenters. The third-order valence-electron chi connectivity index (χ3n) is 2.97. The monoisotopic (exact) mass is 411 g/mol. The summed E-state index contributed by atoms with van der Waals surface area (Å²) in [6.45, 7) is 0. The van der Waals surface area contributed by atoms with E-state index in [0.717, 1.165) is 5.56 Å². The van der Waals surface area contributed by atoms with E-state index in [4.69, 9.17) is 68.5 Å². The molecule has 2 aromatic carbocycles. The molecule has 0 radical (unpaired) electrons. The maximum Gasteiger partial charge on any atom is 0.328 e. The predicted molar refractivity (Wildman–Crippen MR) is 95.2 cm³/mol. The lowest BCUT2D eigenvalue weighted by Gasteiger charge is -2.15. The molecule has 0 aliphatic carbocycles. The first-order chi connectivity index (χ1) is 10.8. The Morgan fingerprint density at radius 3 is 1.91 bits per heavy atom. The molecule has 8 heteroatoms. The predicted octanol–water partition coefficient (Wildman–Crippen LogP) is 5.43. The normalized spacial score (nSPS) is 12.1. The van der Waals surface area contributed by atoms with Crippen LogP contribution in [0.1, 0.15) is 5.56 Å². The van der Waals surface area contributed by atoms with Crippen LogP contribution in [0.2, 0.25) is 25.1 Å². The molecule has 0 amide bonds. The van der Waals surface area contributed by atoms with E-state index in [1.165, 1.54) is 0 Å². The SMILES string of the molecule is N[C@@H](Cc1ccccc1)C(=O)Oc1c(Cl)c(Cl)c(Cl)c(Cl)c1Cl. The second-order valence-corrected chi connectivity index (χ2v) is 6.51. The van der Waals surface area contributed by atoms with E-state index in [-0.39, 0.29) is 30.9 Å². The van der Waals surface area contributed by atoms with Crippen molar-refractivity contribution < 1.29 is 9.53 Å². The molecule has 0 aromatic heterocycles. The van der Waals surface area contributed by atoms with Gasteiger partial charge in [0.2, 0.25) is 0 Å². The van der Waals surface area contributed by atoms with Gasteiger partial charge in [0, 0.05) is 0 Å². The number of ether oxygens (including phenoxy) is 1. The molecule has 0 bridgehead atoms. The standard InChI is InChI=1S/C15H10Cl5NO2/c16-9-10(17)12(19)14(13(20)11(9)18)23-15(22)8(21)6-7-4-2-1-3-5-7/h1-5,8H,6,21H2/t8-/m0/s1. The summed E-state index contributed by atoms with van der Waals surface area (Å²) in [5.41, 5.74) is 6.74. The molecule has 3 nitrogen and oxygen atoms in total. The third-order valence-corrected chi connectivity index (χ3v) is 5.22. The molecule has 122 valence electrons. The number of rotatable bonds is 4. The highest BCUT2D eigenvalue weighted by molar-refractivity contribution is 6.55. The van der Waals surface area contributed by atoms with Crippen LogP contribution in [-0.2, 0) is 11.2 Å². The average Bonchev–Trinajstić information content (AvgIpc) is 2.55. The minimum absolute atomic E-state index is 0.0169. The maximum absolute atomic E-state index is 12.1. The summed E-state index contributed by atoms with van der Waals surface area (Å²) < 4.78 is 5.17. The molecular weight excluding hydrogens is 403 g/mol. The second-order valence-electron chi connectivity index (χ2n) is 4.62. The van der Waals surface area contributed by atoms with E-state index in [9.17, 15) is 4.79 Å². The quantitative estimate of drug-likeness (QED) is 0.315. The topological polar surface area (TPSA) is 52.3 Å². The zero-order valence-corrected chi connectivity index (χ0v) is 15.2. The Morgan fingerprint density at radius 1 is 0.913 bits per heavy atom. The van der Waals surface area contributed by atoms with E-state index in [2.05, 4.69) is 0 Å². The Kier molecular flexibility index (Phi) is 6.43. The number of carbonyl (C=O) groups is 1. The number of carbonyl (C=O) groups excluding carboxylic acids is 1. The van der Waals surface area contributed by atoms with Crippen LogP contribution in [0.3, 0.4) is 0 Å². The fraction of sp³-hybridized carbons (Fsp3) is 0.133. The van der Waals surface area contributed by atoms with Crippen LogP contribution in [0, 0.1) is 0 Å². The summed E-state index contributed by atoms with van der Waals surface area (Å²) in [5.74, 6) is -0.881. The molecule has 0 saturated carbocycles. The number of nitrogens with two attached hydrogens (primary N) is 1. The zero-order chi connectivity index (χ0) is 17.1. The van der Waals surface area contributed by atoms with Gasteiger partial charge >= 0.3 is 5.97 Å². The van der Waals surface area contributed by atoms with Crippen molar-refractivity contribution in [2.24, 2.45) is 5.73 Å². The van der Waals surface area contributed by atoms with E-state index >= 15 is 0 Å². The summed E-state index contributed by atoms with van der Waals surface area (Å²) in [6.07, 6.45) is 0.296. The van der Waals surface area contributed by atoms with Crippen LogP contribution < -0.4 is 10.5 Å². The first-order valence-electron chi connectivity index (χ1n) is 6.35. The maximum atomic E-state index is 12.1. The Morgan fingerprint density at radius 2 is 1.39 bits per heavy atom. The van der Waals surface area contributed by atoms with Gasteiger partial charge in [-0.05, 0) is 12.0 Å². The Bertz CT molecular complexity index is 707. The third kappa shape index (κ3) is 4.24. The first-order valence-corrected chi connectivity index (χ1v) is 8.24. The molecule has 0 unspecified atom stereocenters. The van der Waals surface area contributed by atoms with Crippen LogP contribution in [0.5, 0.6) is 5.75 Å². The number of halogens is 5. The molecule has 0 heterocycles. The largest absolute Gasteiger partial charge is 0.422 e. The number of hydrogen-bond acceptors (Lipinski definition) is 3. The zero-order valence-electron chi connectivity index (χ0n) is 11.5. The summed E-state index contributed by atoms with van der Waals surface area (Å²) in [4.78, 5) is 12.1. The molecule has 0 aliphatic heterocycles. The van der Waals surface area contributed by atoms with E-state index < -0.39 is 12.0 Å². The fourth-order valence-corrected chi connectivity index (χ4v) is 3.00. The van der Waals surface area contributed by atoms with Crippen molar-refractivity contribution in [1.29, 1.82) is 0 Å². The number of esters is 1. The van der Waals surface area contributed by atoms with Crippen molar-refractivity contribution in [3.63, 3.8) is 0 Å². The van der Waals surface area contributed by atoms with Gasteiger partial charge in [-0.25, -0.2) is 4.79 Å². The molecular formula is C15H10Cl5NO2. The van der Waals surface area contributed by atoms with E-state index in [1.807, 2.05) is 30.3 Å². The van der Waals surface area contributed by atoms with Crippen LogP contribution >= 0.6 is 58.0 Å². The van der Waals surface area contributed by atoms with Gasteiger partial charge in [-0.2, -0.15) is 0 Å². The van der Waals surface area contributed by atoms with Crippen molar-refractivity contribution in [2.45, 2.75) is 12.5 Å². The van der Waals surface area contributed by atoms with Gasteiger partial charge in [-0.3, -0.25) is 0 Å². The number of hydrogen-bond donors (Lipinski definition) is 1. The highest BCUT2D eigenvalue weighted by atomic mass is 35.5. The Labute approximate surface area is 158 Å². The lowest BCUT2D eigenvalue weighted by molar-refractivity contribution is -0.135. The Balaban J connectivity index is 2.20. The second kappa shape index (κ2) is 7.93. The van der Waals surface area contributed by atoms with Crippen LogP contribution in [0.4, 0.5) is 0 Å². The van der Waals surface area contributed by atoms with Gasteiger partial charge in [0.1, 0.15) is 16.1 Å². The lowest BCUT2D eigenvalue weighted by Crippen LogP contribution is -2.36. The Hall–Kier alpha value is -0.680. The van der Waals surface area contributed by atoms with E-state index in [0.29, 0.717) is 6.42 Å². The van der Waals surface area contributed by atoms with Crippen molar-refractivity contribution >= 4 is 64.0 Å². The van der Waals surface area contributed by atoms with Crippen LogP contribution in [-0.4, -0.2) is 12.0 Å². The van der Waals surface area contributed by atoms with Gasteiger partial charge in [0.15, 0.2) is 5.75 Å². The summed E-state index contributed by atoms with van der Waals surface area (Å²) in [5, 5.41) is -0.335. The molecule has 2 rings (SSSR count). The fourth-order valence-electron chi connectivity index (χ4n) is 1.80. The van der Waals surface area contributed by atoms with Crippen LogP contribution in [0.15, 0.2) is 30.3 Å². The average molecular weight is 414 g/mol. The van der Waals surface area contributed by atoms with Gasteiger partial charge in [-0.1, -0.05) is 88.3 Å². The van der Waals surface area contributed by atoms with E-state index in [1.54, 1.807) is 0 Å². The molecule has 0 aliphatic rings.